The number of nitrogens with two attached hydrogens (primary N) is 1. The monoisotopic (exact) mass is 224 g/mol. The zero-order valence-corrected chi connectivity index (χ0v) is 10.7. The first-order valence-electron chi connectivity index (χ1n) is 5.98. The van der Waals surface area contributed by atoms with Gasteiger partial charge < -0.3 is 10.3 Å². The maximum absolute atomic E-state index is 5.59. The van der Waals surface area contributed by atoms with Crippen molar-refractivity contribution in [3.05, 3.63) is 18.2 Å². The molecule has 1 rings (SSSR count). The second-order valence-corrected chi connectivity index (χ2v) is 4.68. The van der Waals surface area contributed by atoms with Crippen molar-refractivity contribution < 1.29 is 0 Å². The molecular formula is C12H24N4. The normalized spacial score (nSPS) is 13.3. The summed E-state index contributed by atoms with van der Waals surface area (Å²) in [5, 5.41) is 0. The van der Waals surface area contributed by atoms with Crippen LogP contribution in [0.3, 0.4) is 0 Å². The molecule has 0 saturated carbocycles. The quantitative estimate of drug-likeness (QED) is 0.757. The van der Waals surface area contributed by atoms with E-state index in [2.05, 4.69) is 28.4 Å². The van der Waals surface area contributed by atoms with Crippen molar-refractivity contribution in [2.45, 2.75) is 26.3 Å². The molecule has 0 aliphatic heterocycles. The number of aromatic nitrogens is 2. The summed E-state index contributed by atoms with van der Waals surface area (Å²) in [5.41, 5.74) is 5.59. The Labute approximate surface area is 98.5 Å². The highest BCUT2D eigenvalue weighted by Crippen LogP contribution is 2.05. The van der Waals surface area contributed by atoms with Crippen LogP contribution in [0.15, 0.2) is 12.4 Å². The number of nitrogens with zero attached hydrogens (tertiary/aromatic N) is 3. The third-order valence-corrected chi connectivity index (χ3v) is 2.97. The summed E-state index contributed by atoms with van der Waals surface area (Å²) < 4.78 is 2.07. The summed E-state index contributed by atoms with van der Waals surface area (Å²) in [6.07, 6.45) is 6.25. The first kappa shape index (κ1) is 13.2. The van der Waals surface area contributed by atoms with E-state index >= 15 is 0 Å². The molecule has 0 aromatic carbocycles. The summed E-state index contributed by atoms with van der Waals surface area (Å²) in [7, 11) is 4.18. The molecule has 1 aromatic rings. The average Bonchev–Trinajstić information content (AvgIpc) is 2.64. The Hall–Kier alpha value is -0.870. The fraction of sp³-hybridized carbons (Fsp3) is 0.750. The van der Waals surface area contributed by atoms with Gasteiger partial charge in [-0.1, -0.05) is 6.92 Å². The van der Waals surface area contributed by atoms with Crippen molar-refractivity contribution in [1.82, 2.24) is 14.5 Å². The molecule has 0 bridgehead atoms. The SMILES string of the molecule is CC(CN)CCCN(C)Cc1nccn1C. The summed E-state index contributed by atoms with van der Waals surface area (Å²) in [4.78, 5) is 6.63. The Morgan fingerprint density at radius 1 is 1.56 bits per heavy atom. The maximum atomic E-state index is 5.59. The molecular weight excluding hydrogens is 200 g/mol. The molecule has 4 nitrogen and oxygen atoms in total. The van der Waals surface area contributed by atoms with Crippen LogP contribution >= 0.6 is 0 Å². The van der Waals surface area contributed by atoms with Gasteiger partial charge in [-0.15, -0.1) is 0 Å². The fourth-order valence-corrected chi connectivity index (χ4v) is 1.70. The minimum absolute atomic E-state index is 0.640. The van der Waals surface area contributed by atoms with Gasteiger partial charge >= 0.3 is 0 Å². The number of hydrogen-bond donors (Lipinski definition) is 1. The molecule has 2 N–H and O–H groups in total. The van der Waals surface area contributed by atoms with E-state index in [1.165, 1.54) is 12.8 Å². The Balaban J connectivity index is 2.21. The second-order valence-electron chi connectivity index (χ2n) is 4.68. The van der Waals surface area contributed by atoms with E-state index in [9.17, 15) is 0 Å². The zero-order chi connectivity index (χ0) is 12.0. The minimum atomic E-state index is 0.640. The van der Waals surface area contributed by atoms with Gasteiger partial charge in [-0.25, -0.2) is 4.98 Å². The Morgan fingerprint density at radius 2 is 2.31 bits per heavy atom. The summed E-state index contributed by atoms with van der Waals surface area (Å²) in [6.45, 7) is 5.03. The first-order chi connectivity index (χ1) is 7.63. The summed E-state index contributed by atoms with van der Waals surface area (Å²) >= 11 is 0. The molecule has 92 valence electrons. The number of rotatable bonds is 7. The molecule has 0 amide bonds. The van der Waals surface area contributed by atoms with Gasteiger partial charge in [0.15, 0.2) is 0 Å². The smallest absolute Gasteiger partial charge is 0.122 e. The van der Waals surface area contributed by atoms with Crippen molar-refractivity contribution in [1.29, 1.82) is 0 Å². The lowest BCUT2D eigenvalue weighted by Gasteiger charge is -2.17. The number of aryl methyl sites for hydroxylation is 1. The average molecular weight is 224 g/mol. The molecule has 4 heteroatoms. The highest BCUT2D eigenvalue weighted by molar-refractivity contribution is 4.90. The van der Waals surface area contributed by atoms with E-state index < -0.39 is 0 Å². The lowest BCUT2D eigenvalue weighted by molar-refractivity contribution is 0.299. The number of hydrogen-bond acceptors (Lipinski definition) is 3. The van der Waals surface area contributed by atoms with Gasteiger partial charge in [0.1, 0.15) is 5.82 Å². The van der Waals surface area contributed by atoms with Crippen molar-refractivity contribution in [3.8, 4) is 0 Å². The minimum Gasteiger partial charge on any atom is -0.337 e. The molecule has 1 aromatic heterocycles. The van der Waals surface area contributed by atoms with E-state index in [0.717, 1.165) is 25.5 Å². The van der Waals surface area contributed by atoms with Gasteiger partial charge in [-0.2, -0.15) is 0 Å². The Bertz CT molecular complexity index is 295. The van der Waals surface area contributed by atoms with Gasteiger partial charge in [0.2, 0.25) is 0 Å². The molecule has 0 saturated heterocycles. The van der Waals surface area contributed by atoms with E-state index in [-0.39, 0.29) is 0 Å². The Morgan fingerprint density at radius 3 is 2.88 bits per heavy atom. The summed E-state index contributed by atoms with van der Waals surface area (Å²) in [5.74, 6) is 1.76. The van der Waals surface area contributed by atoms with Gasteiger partial charge in [-0.05, 0) is 38.9 Å². The second kappa shape index (κ2) is 6.66. The molecule has 16 heavy (non-hydrogen) atoms. The van der Waals surface area contributed by atoms with Crippen LogP contribution in [-0.4, -0.2) is 34.6 Å². The standard InChI is InChI=1S/C12H24N4/c1-11(9-13)5-4-7-15(2)10-12-14-6-8-16(12)3/h6,8,11H,4-5,7,9-10,13H2,1-3H3. The highest BCUT2D eigenvalue weighted by Gasteiger charge is 2.05. The van der Waals surface area contributed by atoms with Crippen LogP contribution in [0, 0.1) is 5.92 Å². The molecule has 0 radical (unpaired) electrons. The lowest BCUT2D eigenvalue weighted by Crippen LogP contribution is -2.22. The van der Waals surface area contributed by atoms with Crippen LogP contribution in [0.4, 0.5) is 0 Å². The van der Waals surface area contributed by atoms with E-state index in [4.69, 9.17) is 5.73 Å². The highest BCUT2D eigenvalue weighted by atomic mass is 15.1. The zero-order valence-electron chi connectivity index (χ0n) is 10.7. The molecule has 0 fully saturated rings. The maximum Gasteiger partial charge on any atom is 0.122 e. The van der Waals surface area contributed by atoms with Crippen LogP contribution in [0.5, 0.6) is 0 Å². The molecule has 0 spiro atoms. The van der Waals surface area contributed by atoms with Crippen LogP contribution in [0.1, 0.15) is 25.6 Å². The molecule has 1 atom stereocenters. The molecule has 1 unspecified atom stereocenters. The first-order valence-corrected chi connectivity index (χ1v) is 5.98. The van der Waals surface area contributed by atoms with Gasteiger partial charge in [-0.3, -0.25) is 4.90 Å². The van der Waals surface area contributed by atoms with Crippen LogP contribution in [-0.2, 0) is 13.6 Å². The number of imidazole rings is 1. The molecule has 0 aliphatic rings. The third-order valence-electron chi connectivity index (χ3n) is 2.97. The fourth-order valence-electron chi connectivity index (χ4n) is 1.70. The predicted molar refractivity (Wildman–Crippen MR) is 67.0 cm³/mol. The van der Waals surface area contributed by atoms with E-state index in [1.54, 1.807) is 0 Å². The Kier molecular flexibility index (Phi) is 5.49. The van der Waals surface area contributed by atoms with Gasteiger partial charge in [0, 0.05) is 19.4 Å². The van der Waals surface area contributed by atoms with Crippen molar-refractivity contribution in [2.24, 2.45) is 18.7 Å². The lowest BCUT2D eigenvalue weighted by atomic mass is 10.1. The molecule has 0 aliphatic carbocycles. The van der Waals surface area contributed by atoms with Crippen molar-refractivity contribution >= 4 is 0 Å². The van der Waals surface area contributed by atoms with Gasteiger partial charge in [0.25, 0.3) is 0 Å². The van der Waals surface area contributed by atoms with E-state index in [1.807, 2.05) is 19.4 Å². The predicted octanol–water partition coefficient (Wildman–Crippen LogP) is 1.23. The largest absolute Gasteiger partial charge is 0.337 e. The van der Waals surface area contributed by atoms with E-state index in [0.29, 0.717) is 5.92 Å². The van der Waals surface area contributed by atoms with Crippen LogP contribution in [0.25, 0.3) is 0 Å². The third kappa shape index (κ3) is 4.33. The van der Waals surface area contributed by atoms with Crippen molar-refractivity contribution in [2.75, 3.05) is 20.1 Å². The van der Waals surface area contributed by atoms with Crippen LogP contribution < -0.4 is 5.73 Å². The molecule has 1 heterocycles. The summed E-state index contributed by atoms with van der Waals surface area (Å²) in [6, 6.07) is 0. The van der Waals surface area contributed by atoms with Gasteiger partial charge in [0.05, 0.1) is 6.54 Å². The van der Waals surface area contributed by atoms with Crippen LogP contribution in [0.2, 0.25) is 0 Å². The van der Waals surface area contributed by atoms with Crippen molar-refractivity contribution in [3.63, 3.8) is 0 Å². The topological polar surface area (TPSA) is 47.1 Å².